The van der Waals surface area contributed by atoms with Gasteiger partial charge >= 0.3 is 6.03 Å². The number of carbonyl (C=O) groups is 2. The summed E-state index contributed by atoms with van der Waals surface area (Å²) in [6.07, 6.45) is 10.9. The molecule has 3 rings (SSSR count). The van der Waals surface area contributed by atoms with Gasteiger partial charge in [0.1, 0.15) is 0 Å². The summed E-state index contributed by atoms with van der Waals surface area (Å²) in [6, 6.07) is 2.22. The van der Waals surface area contributed by atoms with Crippen LogP contribution < -0.4 is 10.6 Å². The van der Waals surface area contributed by atoms with Crippen molar-refractivity contribution in [2.45, 2.75) is 57.5 Å². The second kappa shape index (κ2) is 8.87. The highest BCUT2D eigenvalue weighted by molar-refractivity contribution is 5.80. The van der Waals surface area contributed by atoms with E-state index in [1.807, 2.05) is 21.8 Å². The van der Waals surface area contributed by atoms with Crippen LogP contribution in [0, 0.1) is 5.92 Å². The zero-order valence-electron chi connectivity index (χ0n) is 14.8. The Labute approximate surface area is 149 Å². The predicted molar refractivity (Wildman–Crippen MR) is 94.9 cm³/mol. The van der Waals surface area contributed by atoms with Gasteiger partial charge < -0.3 is 15.5 Å². The molecule has 138 valence electrons. The highest BCUT2D eigenvalue weighted by Crippen LogP contribution is 2.20. The van der Waals surface area contributed by atoms with Gasteiger partial charge in [0, 0.05) is 44.6 Å². The minimum atomic E-state index is -0.0900. The molecule has 1 aliphatic carbocycles. The number of aromatic nitrogens is 2. The van der Waals surface area contributed by atoms with E-state index in [1.54, 1.807) is 6.20 Å². The molecule has 1 aliphatic heterocycles. The fourth-order valence-electron chi connectivity index (χ4n) is 3.74. The minimum Gasteiger partial charge on any atom is -0.356 e. The number of urea groups is 1. The van der Waals surface area contributed by atoms with Crippen molar-refractivity contribution in [2.75, 3.05) is 19.6 Å². The van der Waals surface area contributed by atoms with Crippen molar-refractivity contribution in [1.82, 2.24) is 25.3 Å². The molecule has 25 heavy (non-hydrogen) atoms. The van der Waals surface area contributed by atoms with Gasteiger partial charge in [-0.25, -0.2) is 4.79 Å². The average Bonchev–Trinajstić information content (AvgIpc) is 3.32. The van der Waals surface area contributed by atoms with E-state index in [0.717, 1.165) is 45.2 Å². The van der Waals surface area contributed by atoms with Crippen LogP contribution in [0.25, 0.3) is 0 Å². The minimum absolute atomic E-state index is 0.00285. The molecule has 1 saturated carbocycles. The van der Waals surface area contributed by atoms with Crippen LogP contribution in [0.1, 0.15) is 44.9 Å². The first-order valence-corrected chi connectivity index (χ1v) is 9.53. The van der Waals surface area contributed by atoms with Crippen molar-refractivity contribution in [1.29, 1.82) is 0 Å². The third-order valence-corrected chi connectivity index (χ3v) is 5.18. The number of nitrogens with one attached hydrogen (secondary N) is 2. The lowest BCUT2D eigenvalue weighted by molar-refractivity contribution is -0.126. The monoisotopic (exact) mass is 347 g/mol. The molecule has 0 radical (unpaired) electrons. The molecule has 2 N–H and O–H groups in total. The van der Waals surface area contributed by atoms with Crippen LogP contribution in [-0.4, -0.2) is 52.3 Å². The first-order valence-electron chi connectivity index (χ1n) is 9.53. The van der Waals surface area contributed by atoms with E-state index in [1.165, 1.54) is 12.8 Å². The van der Waals surface area contributed by atoms with Crippen molar-refractivity contribution in [3.05, 3.63) is 18.5 Å². The summed E-state index contributed by atoms with van der Waals surface area (Å²) in [4.78, 5) is 26.6. The van der Waals surface area contributed by atoms with Crippen LogP contribution >= 0.6 is 0 Å². The Morgan fingerprint density at radius 1 is 1.16 bits per heavy atom. The molecule has 7 heteroatoms. The Balaban J connectivity index is 1.37. The summed E-state index contributed by atoms with van der Waals surface area (Å²) in [5.41, 5.74) is 0. The van der Waals surface area contributed by atoms with E-state index in [4.69, 9.17) is 0 Å². The van der Waals surface area contributed by atoms with Crippen molar-refractivity contribution >= 4 is 11.9 Å². The van der Waals surface area contributed by atoms with Crippen molar-refractivity contribution in [2.24, 2.45) is 5.92 Å². The van der Waals surface area contributed by atoms with E-state index < -0.39 is 0 Å². The lowest BCUT2D eigenvalue weighted by Crippen LogP contribution is -2.50. The highest BCUT2D eigenvalue weighted by atomic mass is 16.2. The fourth-order valence-corrected chi connectivity index (χ4v) is 3.74. The van der Waals surface area contributed by atoms with Crippen LogP contribution in [0.3, 0.4) is 0 Å². The third-order valence-electron chi connectivity index (χ3n) is 5.18. The zero-order chi connectivity index (χ0) is 17.5. The highest BCUT2D eigenvalue weighted by Gasteiger charge is 2.29. The molecule has 2 fully saturated rings. The van der Waals surface area contributed by atoms with E-state index in [2.05, 4.69) is 15.7 Å². The number of carbonyl (C=O) groups excluding carboxylic acids is 2. The number of hydrogen-bond donors (Lipinski definition) is 2. The SMILES string of the molecule is O=C(NCCCn1cccn1)[C@@H]1CCCN(C(=O)NC2CCCC2)C1. The van der Waals surface area contributed by atoms with Gasteiger partial charge in [0.25, 0.3) is 0 Å². The molecule has 7 nitrogen and oxygen atoms in total. The van der Waals surface area contributed by atoms with E-state index in [-0.39, 0.29) is 17.9 Å². The molecule has 0 bridgehead atoms. The first-order chi connectivity index (χ1) is 12.2. The van der Waals surface area contributed by atoms with Crippen LogP contribution in [0.2, 0.25) is 0 Å². The Hall–Kier alpha value is -2.05. The number of aryl methyl sites for hydroxylation is 1. The Morgan fingerprint density at radius 3 is 2.76 bits per heavy atom. The normalized spacial score (nSPS) is 21.3. The smallest absolute Gasteiger partial charge is 0.317 e. The Morgan fingerprint density at radius 2 is 2.00 bits per heavy atom. The van der Waals surface area contributed by atoms with Gasteiger partial charge in [-0.15, -0.1) is 0 Å². The lowest BCUT2D eigenvalue weighted by atomic mass is 9.97. The van der Waals surface area contributed by atoms with E-state index >= 15 is 0 Å². The van der Waals surface area contributed by atoms with Crippen LogP contribution in [-0.2, 0) is 11.3 Å². The average molecular weight is 347 g/mol. The second-order valence-electron chi connectivity index (χ2n) is 7.13. The van der Waals surface area contributed by atoms with Crippen molar-refractivity contribution in [3.8, 4) is 0 Å². The molecule has 0 spiro atoms. The largest absolute Gasteiger partial charge is 0.356 e. The van der Waals surface area contributed by atoms with Crippen LogP contribution in [0.4, 0.5) is 4.79 Å². The summed E-state index contributed by atoms with van der Waals surface area (Å²) >= 11 is 0. The van der Waals surface area contributed by atoms with Crippen LogP contribution in [0.15, 0.2) is 18.5 Å². The molecule has 2 aliphatic rings. The van der Waals surface area contributed by atoms with E-state index in [9.17, 15) is 9.59 Å². The summed E-state index contributed by atoms with van der Waals surface area (Å²) in [5.74, 6) is -0.0217. The zero-order valence-corrected chi connectivity index (χ0v) is 14.8. The number of piperidine rings is 1. The van der Waals surface area contributed by atoms with Gasteiger partial charge in [-0.05, 0) is 38.2 Å². The molecular formula is C18H29N5O2. The second-order valence-corrected chi connectivity index (χ2v) is 7.13. The van der Waals surface area contributed by atoms with Gasteiger partial charge in [0.2, 0.25) is 5.91 Å². The van der Waals surface area contributed by atoms with Gasteiger partial charge in [-0.1, -0.05) is 12.8 Å². The first kappa shape index (κ1) is 17.8. The molecule has 1 aromatic heterocycles. The molecule has 1 atom stereocenters. The summed E-state index contributed by atoms with van der Waals surface area (Å²) in [6.45, 7) is 2.72. The molecule has 1 aromatic rings. The molecular weight excluding hydrogens is 318 g/mol. The number of nitrogens with zero attached hydrogens (tertiary/aromatic N) is 3. The standard InChI is InChI=1S/C18H29N5O2/c24-17(19-9-4-12-23-13-5-10-20-23)15-6-3-11-22(14-15)18(25)21-16-7-1-2-8-16/h5,10,13,15-16H,1-4,6-9,11-12,14H2,(H,19,24)(H,21,25)/t15-/m1/s1. The van der Waals surface area contributed by atoms with Crippen molar-refractivity contribution in [3.63, 3.8) is 0 Å². The van der Waals surface area contributed by atoms with Gasteiger partial charge in [0.05, 0.1) is 5.92 Å². The fraction of sp³-hybridized carbons (Fsp3) is 0.722. The summed E-state index contributed by atoms with van der Waals surface area (Å²) < 4.78 is 1.86. The van der Waals surface area contributed by atoms with Gasteiger partial charge in [0.15, 0.2) is 0 Å². The van der Waals surface area contributed by atoms with E-state index in [0.29, 0.717) is 19.1 Å². The number of hydrogen-bond acceptors (Lipinski definition) is 3. The molecule has 3 amide bonds. The maximum Gasteiger partial charge on any atom is 0.317 e. The number of likely N-dealkylation sites (tertiary alicyclic amines) is 1. The maximum absolute atomic E-state index is 12.4. The van der Waals surface area contributed by atoms with Gasteiger partial charge in [-0.2, -0.15) is 5.10 Å². The topological polar surface area (TPSA) is 79.3 Å². The third kappa shape index (κ3) is 5.21. The molecule has 0 unspecified atom stereocenters. The lowest BCUT2D eigenvalue weighted by Gasteiger charge is -2.33. The predicted octanol–water partition coefficient (Wildman–Crippen LogP) is 1.75. The maximum atomic E-state index is 12.4. The number of rotatable bonds is 6. The molecule has 0 aromatic carbocycles. The summed E-state index contributed by atoms with van der Waals surface area (Å²) in [5, 5.41) is 10.3. The van der Waals surface area contributed by atoms with Crippen molar-refractivity contribution < 1.29 is 9.59 Å². The Kier molecular flexibility index (Phi) is 6.30. The quantitative estimate of drug-likeness (QED) is 0.770. The van der Waals surface area contributed by atoms with Crippen LogP contribution in [0.5, 0.6) is 0 Å². The molecule has 1 saturated heterocycles. The Bertz CT molecular complexity index is 554. The van der Waals surface area contributed by atoms with Gasteiger partial charge in [-0.3, -0.25) is 9.48 Å². The molecule has 2 heterocycles. The number of amides is 3. The summed E-state index contributed by atoms with van der Waals surface area (Å²) in [7, 11) is 0.